The largest absolute Gasteiger partial charge is 0.444 e. The first kappa shape index (κ1) is 17.3. The fraction of sp³-hybridized carbons (Fsp3) is 0.706. The van der Waals surface area contributed by atoms with Gasteiger partial charge >= 0.3 is 6.09 Å². The molecule has 1 fully saturated rings. The van der Waals surface area contributed by atoms with Crippen LogP contribution in [0.4, 0.5) is 10.6 Å². The van der Waals surface area contributed by atoms with Crippen molar-refractivity contribution in [2.24, 2.45) is 0 Å². The number of carbonyl (C=O) groups excluding carboxylic acids is 1. The van der Waals surface area contributed by atoms with Crippen LogP contribution in [0.5, 0.6) is 0 Å². The molecule has 0 N–H and O–H groups in total. The molecule has 1 aromatic heterocycles. The normalized spacial score (nSPS) is 20.9. The van der Waals surface area contributed by atoms with E-state index in [1.165, 1.54) is 11.3 Å². The van der Waals surface area contributed by atoms with Crippen molar-refractivity contribution in [3.05, 3.63) is 17.6 Å². The van der Waals surface area contributed by atoms with Crippen molar-refractivity contribution >= 4 is 23.7 Å². The SMILES string of the molecule is CCC1SCc2ncnc(N3CCN(C(=O)OC(C)(C)C)CC3)c21. The lowest BCUT2D eigenvalue weighted by molar-refractivity contribution is 0.0240. The van der Waals surface area contributed by atoms with Gasteiger partial charge in [0.05, 0.1) is 5.69 Å². The van der Waals surface area contributed by atoms with Gasteiger partial charge in [0.15, 0.2) is 0 Å². The van der Waals surface area contributed by atoms with E-state index in [1.807, 2.05) is 32.5 Å². The maximum absolute atomic E-state index is 12.2. The summed E-state index contributed by atoms with van der Waals surface area (Å²) in [5, 5.41) is 0.486. The number of hydrogen-bond acceptors (Lipinski definition) is 6. The molecule has 1 amide bonds. The minimum Gasteiger partial charge on any atom is -0.444 e. The smallest absolute Gasteiger partial charge is 0.410 e. The second kappa shape index (κ2) is 6.78. The Morgan fingerprint density at radius 2 is 2.00 bits per heavy atom. The zero-order valence-electron chi connectivity index (χ0n) is 14.9. The third kappa shape index (κ3) is 3.61. The van der Waals surface area contributed by atoms with Crippen molar-refractivity contribution in [2.75, 3.05) is 31.1 Å². The molecule has 0 saturated carbocycles. The molecular formula is C17H26N4O2S. The van der Waals surface area contributed by atoms with Crippen molar-refractivity contribution in [1.29, 1.82) is 0 Å². The number of hydrogen-bond donors (Lipinski definition) is 0. The molecule has 0 bridgehead atoms. The number of rotatable bonds is 2. The summed E-state index contributed by atoms with van der Waals surface area (Å²) in [6.07, 6.45) is 2.54. The molecule has 7 heteroatoms. The number of nitrogens with zero attached hydrogens (tertiary/aromatic N) is 4. The topological polar surface area (TPSA) is 58.6 Å². The third-order valence-corrected chi connectivity index (χ3v) is 5.70. The van der Waals surface area contributed by atoms with E-state index < -0.39 is 5.60 Å². The summed E-state index contributed by atoms with van der Waals surface area (Å²) in [6.45, 7) is 10.8. The Morgan fingerprint density at radius 3 is 2.62 bits per heavy atom. The standard InChI is InChI=1S/C17H26N4O2S/c1-5-13-14-12(10-24-13)18-11-19-15(14)20-6-8-21(9-7-20)16(22)23-17(2,3)4/h11,13H,5-10H2,1-4H3. The maximum atomic E-state index is 12.2. The minimum atomic E-state index is -0.451. The van der Waals surface area contributed by atoms with Crippen molar-refractivity contribution in [2.45, 2.75) is 50.7 Å². The molecule has 0 aromatic carbocycles. The zero-order chi connectivity index (χ0) is 17.3. The quantitative estimate of drug-likeness (QED) is 0.816. The van der Waals surface area contributed by atoms with Gasteiger partial charge in [-0.15, -0.1) is 11.8 Å². The summed E-state index contributed by atoms with van der Waals surface area (Å²) in [5.41, 5.74) is 2.02. The van der Waals surface area contributed by atoms with E-state index in [4.69, 9.17) is 4.74 Å². The zero-order valence-corrected chi connectivity index (χ0v) is 15.7. The van der Waals surface area contributed by atoms with Gasteiger partial charge < -0.3 is 14.5 Å². The van der Waals surface area contributed by atoms with Crippen LogP contribution in [0.3, 0.4) is 0 Å². The molecule has 3 heterocycles. The van der Waals surface area contributed by atoms with Gasteiger partial charge in [-0.3, -0.25) is 0 Å². The molecule has 1 unspecified atom stereocenters. The number of fused-ring (bicyclic) bond motifs is 1. The summed E-state index contributed by atoms with van der Waals surface area (Å²) in [4.78, 5) is 25.3. The van der Waals surface area contributed by atoms with Crippen molar-refractivity contribution in [3.63, 3.8) is 0 Å². The Hall–Kier alpha value is -1.50. The van der Waals surface area contributed by atoms with E-state index in [1.54, 1.807) is 11.2 Å². The lowest BCUT2D eigenvalue weighted by Crippen LogP contribution is -2.50. The second-order valence-corrected chi connectivity index (χ2v) is 8.41. The van der Waals surface area contributed by atoms with Gasteiger partial charge in [-0.25, -0.2) is 14.8 Å². The number of aromatic nitrogens is 2. The molecule has 3 rings (SSSR count). The summed E-state index contributed by atoms with van der Waals surface area (Å²) >= 11 is 1.95. The van der Waals surface area contributed by atoms with Crippen molar-refractivity contribution < 1.29 is 9.53 Å². The molecule has 1 atom stereocenters. The lowest BCUT2D eigenvalue weighted by atomic mass is 10.1. The van der Waals surface area contributed by atoms with Crippen LogP contribution < -0.4 is 4.90 Å². The van der Waals surface area contributed by atoms with E-state index in [0.29, 0.717) is 18.3 Å². The third-order valence-electron chi connectivity index (χ3n) is 4.29. The predicted octanol–water partition coefficient (Wildman–Crippen LogP) is 3.23. The Balaban J connectivity index is 1.68. The van der Waals surface area contributed by atoms with Gasteiger partial charge in [0.1, 0.15) is 17.7 Å². The van der Waals surface area contributed by atoms with Gasteiger partial charge in [-0.1, -0.05) is 6.92 Å². The molecule has 1 aromatic rings. The molecule has 6 nitrogen and oxygen atoms in total. The van der Waals surface area contributed by atoms with Crippen LogP contribution in [-0.2, 0) is 10.5 Å². The Labute approximate surface area is 148 Å². The number of ether oxygens (including phenoxy) is 1. The van der Waals surface area contributed by atoms with Crippen molar-refractivity contribution in [1.82, 2.24) is 14.9 Å². The molecule has 0 radical (unpaired) electrons. The summed E-state index contributed by atoms with van der Waals surface area (Å²) in [6, 6.07) is 0. The fourth-order valence-electron chi connectivity index (χ4n) is 3.13. The maximum Gasteiger partial charge on any atom is 0.410 e. The average molecular weight is 350 g/mol. The van der Waals surface area contributed by atoms with Gasteiger partial charge in [0.2, 0.25) is 0 Å². The van der Waals surface area contributed by atoms with E-state index in [-0.39, 0.29) is 6.09 Å². The highest BCUT2D eigenvalue weighted by Crippen LogP contribution is 2.46. The van der Waals surface area contributed by atoms with Crippen LogP contribution in [0.1, 0.15) is 50.6 Å². The van der Waals surface area contributed by atoms with E-state index in [0.717, 1.165) is 31.1 Å². The van der Waals surface area contributed by atoms with Crippen LogP contribution in [0.2, 0.25) is 0 Å². The molecular weight excluding hydrogens is 324 g/mol. The number of thioether (sulfide) groups is 1. The molecule has 24 heavy (non-hydrogen) atoms. The summed E-state index contributed by atoms with van der Waals surface area (Å²) in [7, 11) is 0. The van der Waals surface area contributed by atoms with Gasteiger partial charge in [-0.05, 0) is 27.2 Å². The summed E-state index contributed by atoms with van der Waals surface area (Å²) < 4.78 is 5.47. The number of amides is 1. The molecule has 1 saturated heterocycles. The van der Waals surface area contributed by atoms with Crippen LogP contribution >= 0.6 is 11.8 Å². The predicted molar refractivity (Wildman–Crippen MR) is 96.4 cm³/mol. The number of carbonyl (C=O) groups is 1. The summed E-state index contributed by atoms with van der Waals surface area (Å²) in [5.74, 6) is 2.03. The van der Waals surface area contributed by atoms with E-state index >= 15 is 0 Å². The first-order valence-corrected chi connectivity index (χ1v) is 9.62. The Kier molecular flexibility index (Phi) is 4.90. The lowest BCUT2D eigenvalue weighted by Gasteiger charge is -2.37. The van der Waals surface area contributed by atoms with Gasteiger partial charge in [0.25, 0.3) is 0 Å². The van der Waals surface area contributed by atoms with Gasteiger partial charge in [-0.2, -0.15) is 0 Å². The van der Waals surface area contributed by atoms with E-state index in [2.05, 4.69) is 21.8 Å². The monoisotopic (exact) mass is 350 g/mol. The second-order valence-electron chi connectivity index (χ2n) is 7.22. The number of piperazine rings is 1. The molecule has 0 aliphatic carbocycles. The highest BCUT2D eigenvalue weighted by molar-refractivity contribution is 7.99. The van der Waals surface area contributed by atoms with Crippen LogP contribution in [0, 0.1) is 0 Å². The van der Waals surface area contributed by atoms with Crippen molar-refractivity contribution in [3.8, 4) is 0 Å². The molecule has 2 aliphatic rings. The van der Waals surface area contributed by atoms with Crippen LogP contribution in [-0.4, -0.2) is 52.7 Å². The van der Waals surface area contributed by atoms with Crippen LogP contribution in [0.15, 0.2) is 6.33 Å². The average Bonchev–Trinajstić information content (AvgIpc) is 2.96. The van der Waals surface area contributed by atoms with Crippen LogP contribution in [0.25, 0.3) is 0 Å². The molecule has 0 spiro atoms. The first-order valence-electron chi connectivity index (χ1n) is 8.57. The fourth-order valence-corrected chi connectivity index (χ4v) is 4.36. The van der Waals surface area contributed by atoms with Gasteiger partial charge in [0, 0.05) is 42.7 Å². The Bertz CT molecular complexity index is 609. The Morgan fingerprint density at radius 1 is 1.29 bits per heavy atom. The first-order chi connectivity index (χ1) is 11.4. The van der Waals surface area contributed by atoms with E-state index in [9.17, 15) is 4.79 Å². The molecule has 132 valence electrons. The minimum absolute atomic E-state index is 0.225. The number of anilines is 1. The highest BCUT2D eigenvalue weighted by Gasteiger charge is 2.32. The molecule has 2 aliphatic heterocycles. The highest BCUT2D eigenvalue weighted by atomic mass is 32.2.